The van der Waals surface area contributed by atoms with Crippen LogP contribution in [0.5, 0.6) is 5.75 Å². The summed E-state index contributed by atoms with van der Waals surface area (Å²) in [5, 5.41) is 30.8. The molecule has 19 heteroatoms. The first-order valence-electron chi connectivity index (χ1n) is 20.1. The van der Waals surface area contributed by atoms with Crippen LogP contribution in [0.15, 0.2) is 128 Å². The van der Waals surface area contributed by atoms with Gasteiger partial charge < -0.3 is 25.1 Å². The number of para-hydroxylation sites is 2. The number of carboxylic acid groups (broad SMARTS) is 1. The van der Waals surface area contributed by atoms with Crippen molar-refractivity contribution in [3.63, 3.8) is 0 Å². The summed E-state index contributed by atoms with van der Waals surface area (Å²) in [5.41, 5.74) is 2.41. The average molecular weight is 941 g/mol. The van der Waals surface area contributed by atoms with Gasteiger partial charge in [0.25, 0.3) is 10.1 Å². The van der Waals surface area contributed by atoms with E-state index in [2.05, 4.69) is 43.7 Å². The molecule has 0 atom stereocenters. The highest BCUT2D eigenvalue weighted by molar-refractivity contribution is 7.88. The zero-order valence-corrected chi connectivity index (χ0v) is 38.0. The minimum absolute atomic E-state index is 0.0322. The monoisotopic (exact) mass is 940 g/mol. The Bertz CT molecular complexity index is 3390. The van der Waals surface area contributed by atoms with Gasteiger partial charge in [0.15, 0.2) is 16.6 Å². The molecule has 16 nitrogen and oxygen atoms in total. The second-order valence-electron chi connectivity index (χ2n) is 14.9. The van der Waals surface area contributed by atoms with Crippen molar-refractivity contribution >= 4 is 103 Å². The molecule has 0 saturated heterocycles. The van der Waals surface area contributed by atoms with Crippen LogP contribution in [0, 0.1) is 6.92 Å². The number of sulfonamides is 1. The number of aromatic hydroxyl groups is 1. The highest BCUT2D eigenvalue weighted by atomic mass is 35.5. The normalized spacial score (nSPS) is 11.9. The molecule has 0 saturated carbocycles. The van der Waals surface area contributed by atoms with Gasteiger partial charge in [-0.15, -0.1) is 10.2 Å². The third kappa shape index (κ3) is 11.2. The summed E-state index contributed by atoms with van der Waals surface area (Å²) in [5.74, 6) is -1.99. The second kappa shape index (κ2) is 20.1. The van der Waals surface area contributed by atoms with Crippen LogP contribution in [0.1, 0.15) is 36.2 Å². The van der Waals surface area contributed by atoms with Gasteiger partial charge in [-0.1, -0.05) is 74.0 Å². The van der Waals surface area contributed by atoms with Gasteiger partial charge in [0, 0.05) is 49.5 Å². The molecular weight excluding hydrogens is 896 g/mol. The summed E-state index contributed by atoms with van der Waals surface area (Å²) in [6.07, 6.45) is 2.05. The Kier molecular flexibility index (Phi) is 14.8. The van der Waals surface area contributed by atoms with Gasteiger partial charge in [-0.05, 0) is 98.5 Å². The summed E-state index contributed by atoms with van der Waals surface area (Å²) in [6.45, 7) is 9.30. The van der Waals surface area contributed by atoms with E-state index < -0.39 is 36.8 Å². The van der Waals surface area contributed by atoms with Gasteiger partial charge in [-0.3, -0.25) is 14.1 Å². The lowest BCUT2D eigenvalue weighted by Gasteiger charge is -2.17. The maximum atomic E-state index is 12.8. The number of nitrogens with one attached hydrogen (secondary N) is 3. The van der Waals surface area contributed by atoms with E-state index >= 15 is 0 Å². The number of halogens is 1. The molecule has 0 bridgehead atoms. The summed E-state index contributed by atoms with van der Waals surface area (Å²) in [4.78, 5) is 45.2. The van der Waals surface area contributed by atoms with Crippen molar-refractivity contribution in [2.75, 3.05) is 32.4 Å². The molecule has 65 heavy (non-hydrogen) atoms. The molecule has 0 spiro atoms. The zero-order chi connectivity index (χ0) is 47.2. The van der Waals surface area contributed by atoms with E-state index in [9.17, 15) is 46.0 Å². The lowest BCUT2D eigenvalue weighted by atomic mass is 10.0. The molecule has 0 aliphatic heterocycles. The summed E-state index contributed by atoms with van der Waals surface area (Å²) in [7, 11) is -7.62. The zero-order valence-electron chi connectivity index (χ0n) is 35.6. The fraction of sp³-hybridized carbons (Fsp3) is 0.196. The molecule has 8 rings (SSSR count). The third-order valence-electron chi connectivity index (χ3n) is 10.4. The summed E-state index contributed by atoms with van der Waals surface area (Å²) < 4.78 is 56.5. The number of aromatic nitrogens is 2. The Balaban J connectivity index is 0.000000172. The summed E-state index contributed by atoms with van der Waals surface area (Å²) in [6, 6.07) is 28.5. The molecule has 2 aromatic heterocycles. The number of nitrogens with zero attached hydrogens (tertiary/aromatic N) is 3. The number of H-pyrrole nitrogens is 2. The Morgan fingerprint density at radius 1 is 0.738 bits per heavy atom. The lowest BCUT2D eigenvalue weighted by molar-refractivity contribution is 0.0694. The van der Waals surface area contributed by atoms with E-state index in [1.54, 1.807) is 55.5 Å². The maximum absolute atomic E-state index is 12.8. The number of rotatable bonds is 11. The standard InChI is InChI=1S/C20H12N2O2.C18H13ClN2O6S.C8H20N2O2S/c23-19-11-5-1-3-7-15(11)21-17-10-14-18(9-13(17)19)22-16-8-4-2-6-12(16)20(14)24;1-9-6-15(28(25,26)27)14(8-13(9)19)20-21-16-11-5-3-2-4-10(11)7-12(17(16)22)18(23)24;1-4-10(5-2)8-6-7-9-13(3,11)12/h1-10H,(H,21,23)(H,22,24);2-8,22H,1H3,(H,23,24)(H,25,26,27);9H,4-8H2,1-3H3. The number of hydrogen-bond acceptors (Lipinski definition) is 11. The van der Waals surface area contributed by atoms with E-state index in [4.69, 9.17) is 11.6 Å². The Hall–Kier alpha value is -6.54. The number of aromatic carboxylic acids is 1. The van der Waals surface area contributed by atoms with Crippen molar-refractivity contribution in [1.82, 2.24) is 19.6 Å². The van der Waals surface area contributed by atoms with Gasteiger partial charge in [0.1, 0.15) is 21.8 Å². The van der Waals surface area contributed by atoms with Gasteiger partial charge >= 0.3 is 5.97 Å². The number of hydrogen-bond donors (Lipinski definition) is 6. The van der Waals surface area contributed by atoms with Crippen LogP contribution >= 0.6 is 11.6 Å². The number of aromatic amines is 2. The number of carboxylic acids is 1. The number of phenols is 1. The van der Waals surface area contributed by atoms with E-state index in [-0.39, 0.29) is 32.8 Å². The van der Waals surface area contributed by atoms with E-state index in [0.717, 1.165) is 43.2 Å². The highest BCUT2D eigenvalue weighted by Gasteiger charge is 2.20. The van der Waals surface area contributed by atoms with Crippen LogP contribution in [0.2, 0.25) is 5.02 Å². The van der Waals surface area contributed by atoms with Crippen molar-refractivity contribution in [1.29, 1.82) is 0 Å². The predicted molar refractivity (Wildman–Crippen MR) is 256 cm³/mol. The Morgan fingerprint density at radius 2 is 1.26 bits per heavy atom. The first-order valence-corrected chi connectivity index (χ1v) is 23.9. The number of benzene rings is 6. The van der Waals surface area contributed by atoms with E-state index in [1.165, 1.54) is 18.4 Å². The minimum atomic E-state index is -4.62. The molecule has 0 unspecified atom stereocenters. The van der Waals surface area contributed by atoms with E-state index in [0.29, 0.717) is 55.5 Å². The number of carbonyl (C=O) groups is 1. The van der Waals surface area contributed by atoms with Crippen LogP contribution in [0.4, 0.5) is 11.4 Å². The third-order valence-corrected chi connectivity index (χ3v) is 12.5. The molecule has 338 valence electrons. The smallest absolute Gasteiger partial charge is 0.339 e. The quantitative estimate of drug-likeness (QED) is 0.0309. The highest BCUT2D eigenvalue weighted by Crippen LogP contribution is 2.40. The Labute approximate surface area is 378 Å². The first kappa shape index (κ1) is 47.9. The van der Waals surface area contributed by atoms with Gasteiger partial charge in [0.2, 0.25) is 10.0 Å². The number of pyridine rings is 2. The van der Waals surface area contributed by atoms with Crippen molar-refractivity contribution in [3.05, 3.63) is 140 Å². The molecule has 8 aromatic rings. The first-order chi connectivity index (χ1) is 30.8. The van der Waals surface area contributed by atoms with Gasteiger partial charge in [-0.25, -0.2) is 17.9 Å². The molecule has 6 N–H and O–H groups in total. The van der Waals surface area contributed by atoms with Crippen molar-refractivity contribution in [3.8, 4) is 5.75 Å². The average Bonchev–Trinajstić information content (AvgIpc) is 3.26. The van der Waals surface area contributed by atoms with Crippen molar-refractivity contribution in [2.24, 2.45) is 10.2 Å². The fourth-order valence-corrected chi connectivity index (χ4v) is 8.42. The molecule has 0 aliphatic carbocycles. The van der Waals surface area contributed by atoms with Crippen LogP contribution in [-0.2, 0) is 20.1 Å². The molecule has 2 heterocycles. The van der Waals surface area contributed by atoms with Crippen LogP contribution < -0.4 is 15.6 Å². The number of fused-ring (bicyclic) bond motifs is 5. The Morgan fingerprint density at radius 3 is 1.77 bits per heavy atom. The second-order valence-corrected chi connectivity index (χ2v) is 18.5. The fourth-order valence-electron chi connectivity index (χ4n) is 7.06. The molecule has 0 fully saturated rings. The van der Waals surface area contributed by atoms with Gasteiger partial charge in [0.05, 0.1) is 17.3 Å². The van der Waals surface area contributed by atoms with Crippen LogP contribution in [0.25, 0.3) is 54.4 Å². The van der Waals surface area contributed by atoms with Crippen LogP contribution in [0.3, 0.4) is 0 Å². The number of azo groups is 1. The molecule has 0 aliphatic rings. The van der Waals surface area contributed by atoms with E-state index in [1.807, 2.05) is 36.4 Å². The number of aryl methyl sites for hydroxylation is 1. The SMILES string of the molecule is CCN(CC)CCCNS(C)(=O)=O.Cc1cc(S(=O)(=O)O)c(N=Nc2c(O)c(C(=O)O)cc3ccccc23)cc1Cl.O=c1c2ccccc2[nH]c2cc3c(=O)c4ccccc4[nH]c3cc12. The topological polar surface area (TPSA) is 252 Å². The maximum Gasteiger partial charge on any atom is 0.339 e. The summed E-state index contributed by atoms with van der Waals surface area (Å²) >= 11 is 6.01. The lowest BCUT2D eigenvalue weighted by Crippen LogP contribution is -2.29. The van der Waals surface area contributed by atoms with Crippen LogP contribution in [-0.4, -0.2) is 84.9 Å². The molecule has 0 amide bonds. The van der Waals surface area contributed by atoms with Gasteiger partial charge in [-0.2, -0.15) is 8.42 Å². The largest absolute Gasteiger partial charge is 0.505 e. The predicted octanol–water partition coefficient (Wildman–Crippen LogP) is 8.81. The molecule has 0 radical (unpaired) electrons. The molecule has 6 aromatic carbocycles. The van der Waals surface area contributed by atoms with Crippen molar-refractivity contribution < 1.29 is 36.4 Å². The van der Waals surface area contributed by atoms with Crippen molar-refractivity contribution in [2.45, 2.75) is 32.1 Å². The molecular formula is C46H45ClN6O10S2. The minimum Gasteiger partial charge on any atom is -0.505 e.